The van der Waals surface area contributed by atoms with Gasteiger partial charge in [-0.3, -0.25) is 9.47 Å². The van der Waals surface area contributed by atoms with Crippen molar-refractivity contribution in [2.75, 3.05) is 13.1 Å². The normalized spacial score (nSPS) is 18.5. The number of imidazole rings is 1. The molecule has 0 spiro atoms. The van der Waals surface area contributed by atoms with E-state index in [1.54, 1.807) is 12.1 Å². The Morgan fingerprint density at radius 2 is 1.88 bits per heavy atom. The number of nitrogens with one attached hydrogen (secondary N) is 1. The molecular weight excluding hydrogens is 437 g/mol. The van der Waals surface area contributed by atoms with E-state index < -0.39 is 0 Å². The summed E-state index contributed by atoms with van der Waals surface area (Å²) in [5.74, 6) is 0. The zero-order valence-corrected chi connectivity index (χ0v) is 17.1. The number of piperidine rings is 1. The topological polar surface area (TPSA) is 41.0 Å². The van der Waals surface area contributed by atoms with Crippen LogP contribution in [0.1, 0.15) is 24.4 Å². The Morgan fingerprint density at radius 1 is 1.15 bits per heavy atom. The van der Waals surface area contributed by atoms with Crippen molar-refractivity contribution in [2.24, 2.45) is 0 Å². The number of aromatic nitrogens is 2. The van der Waals surface area contributed by atoms with Crippen LogP contribution in [0.5, 0.6) is 0 Å². The molecule has 1 atom stereocenters. The lowest BCUT2D eigenvalue weighted by atomic mass is 10.0. The van der Waals surface area contributed by atoms with E-state index in [0.29, 0.717) is 10.0 Å². The number of hydrogen-bond acceptors (Lipinski definition) is 2. The first kappa shape index (κ1) is 18.1. The molecule has 2 aromatic carbocycles. The predicted molar refractivity (Wildman–Crippen MR) is 110 cm³/mol. The van der Waals surface area contributed by atoms with Gasteiger partial charge in [0.05, 0.1) is 27.1 Å². The first-order valence-electron chi connectivity index (χ1n) is 8.57. The summed E-state index contributed by atoms with van der Waals surface area (Å²) in [7, 11) is 0. The van der Waals surface area contributed by atoms with Gasteiger partial charge in [-0.05, 0) is 49.2 Å². The molecule has 1 N–H and O–H groups in total. The minimum Gasteiger partial charge on any atom is -0.305 e. The second-order valence-corrected chi connectivity index (χ2v) is 8.47. The van der Waals surface area contributed by atoms with Crippen LogP contribution < -0.4 is 5.69 Å². The lowest BCUT2D eigenvalue weighted by Crippen LogP contribution is -2.38. The standard InChI is InChI=1S/C19H18BrCl2N3O/c20-13-5-3-12(4-6-13)10-24-7-1-2-14(11-24)25-18-9-16(22)15(21)8-17(18)23-19(25)26/h3-6,8-9,14H,1-2,7,10-11H2,(H,23,26)/t14-/m0/s1. The van der Waals surface area contributed by atoms with Gasteiger partial charge in [0.1, 0.15) is 0 Å². The van der Waals surface area contributed by atoms with Crippen molar-refractivity contribution in [3.8, 4) is 0 Å². The third-order valence-electron chi connectivity index (χ3n) is 4.92. The lowest BCUT2D eigenvalue weighted by Gasteiger charge is -2.33. The van der Waals surface area contributed by atoms with Crippen LogP contribution in [0.2, 0.25) is 10.0 Å². The monoisotopic (exact) mass is 453 g/mol. The van der Waals surface area contributed by atoms with Crippen molar-refractivity contribution in [3.63, 3.8) is 0 Å². The molecule has 7 heteroatoms. The van der Waals surface area contributed by atoms with E-state index >= 15 is 0 Å². The molecule has 1 aliphatic rings. The summed E-state index contributed by atoms with van der Waals surface area (Å²) in [6, 6.07) is 12.0. The fraction of sp³-hybridized carbons (Fsp3) is 0.316. The molecule has 1 saturated heterocycles. The molecule has 0 saturated carbocycles. The maximum absolute atomic E-state index is 12.6. The van der Waals surface area contributed by atoms with Gasteiger partial charge in [0.15, 0.2) is 0 Å². The highest BCUT2D eigenvalue weighted by Gasteiger charge is 2.24. The number of nitrogens with zero attached hydrogens (tertiary/aromatic N) is 2. The van der Waals surface area contributed by atoms with Gasteiger partial charge < -0.3 is 4.98 Å². The zero-order valence-electron chi connectivity index (χ0n) is 14.0. The second-order valence-electron chi connectivity index (χ2n) is 6.74. The van der Waals surface area contributed by atoms with Gasteiger partial charge in [0.25, 0.3) is 0 Å². The van der Waals surface area contributed by atoms with Crippen LogP contribution >= 0.6 is 39.1 Å². The van der Waals surface area contributed by atoms with Gasteiger partial charge in [-0.15, -0.1) is 0 Å². The minimum absolute atomic E-state index is 0.103. The molecule has 136 valence electrons. The molecule has 0 aliphatic carbocycles. The summed E-state index contributed by atoms with van der Waals surface area (Å²) >= 11 is 15.7. The van der Waals surface area contributed by atoms with E-state index in [1.165, 1.54) is 5.56 Å². The molecule has 0 bridgehead atoms. The Balaban J connectivity index is 1.61. The van der Waals surface area contributed by atoms with E-state index in [9.17, 15) is 4.79 Å². The van der Waals surface area contributed by atoms with Crippen LogP contribution in [0.15, 0.2) is 45.7 Å². The molecule has 1 aromatic heterocycles. The molecule has 1 fully saturated rings. The summed E-state index contributed by atoms with van der Waals surface area (Å²) in [6.07, 6.45) is 2.03. The molecular formula is C19H18BrCl2N3O. The largest absolute Gasteiger partial charge is 0.326 e. The Kier molecular flexibility index (Phi) is 5.15. The van der Waals surface area contributed by atoms with Crippen molar-refractivity contribution in [1.29, 1.82) is 0 Å². The van der Waals surface area contributed by atoms with E-state index in [4.69, 9.17) is 23.2 Å². The highest BCUT2D eigenvalue weighted by molar-refractivity contribution is 9.10. The Hall–Kier alpha value is -1.27. The first-order chi connectivity index (χ1) is 12.5. The van der Waals surface area contributed by atoms with Gasteiger partial charge in [-0.1, -0.05) is 51.3 Å². The Bertz CT molecular complexity index is 996. The number of rotatable bonds is 3. The summed E-state index contributed by atoms with van der Waals surface area (Å²) in [5, 5.41) is 0.919. The predicted octanol–water partition coefficient (Wildman–Crippen LogP) is 5.24. The molecule has 0 radical (unpaired) electrons. The van der Waals surface area contributed by atoms with E-state index in [0.717, 1.165) is 48.0 Å². The van der Waals surface area contributed by atoms with Crippen LogP contribution in [0, 0.1) is 0 Å². The van der Waals surface area contributed by atoms with E-state index in [2.05, 4.69) is 50.1 Å². The fourth-order valence-corrected chi connectivity index (χ4v) is 4.30. The number of aromatic amines is 1. The minimum atomic E-state index is -0.103. The lowest BCUT2D eigenvalue weighted by molar-refractivity contribution is 0.170. The Labute approximate surface area is 169 Å². The average Bonchev–Trinajstić information content (AvgIpc) is 2.92. The van der Waals surface area contributed by atoms with Gasteiger partial charge in [-0.25, -0.2) is 4.79 Å². The maximum Gasteiger partial charge on any atom is 0.326 e. The quantitative estimate of drug-likeness (QED) is 0.588. The van der Waals surface area contributed by atoms with Crippen LogP contribution in [0.25, 0.3) is 11.0 Å². The third kappa shape index (κ3) is 3.58. The summed E-state index contributed by atoms with van der Waals surface area (Å²) in [5.41, 5.74) is 2.72. The summed E-state index contributed by atoms with van der Waals surface area (Å²) in [4.78, 5) is 17.9. The molecule has 4 nitrogen and oxygen atoms in total. The van der Waals surface area contributed by atoms with Crippen molar-refractivity contribution in [2.45, 2.75) is 25.4 Å². The molecule has 2 heterocycles. The molecule has 0 unspecified atom stereocenters. The number of H-pyrrole nitrogens is 1. The number of fused-ring (bicyclic) bond motifs is 1. The van der Waals surface area contributed by atoms with Crippen molar-refractivity contribution in [1.82, 2.24) is 14.5 Å². The molecule has 0 amide bonds. The first-order valence-corrected chi connectivity index (χ1v) is 10.1. The van der Waals surface area contributed by atoms with Gasteiger partial charge in [0.2, 0.25) is 0 Å². The smallest absolute Gasteiger partial charge is 0.305 e. The number of hydrogen-bond donors (Lipinski definition) is 1. The highest BCUT2D eigenvalue weighted by atomic mass is 79.9. The molecule has 4 rings (SSSR count). The number of halogens is 3. The SMILES string of the molecule is O=c1[nH]c2cc(Cl)c(Cl)cc2n1[C@H]1CCCN(Cc2ccc(Br)cc2)C1. The van der Waals surface area contributed by atoms with Crippen molar-refractivity contribution < 1.29 is 0 Å². The number of likely N-dealkylation sites (tertiary alicyclic amines) is 1. The van der Waals surface area contributed by atoms with Gasteiger partial charge in [-0.2, -0.15) is 0 Å². The number of benzene rings is 2. The maximum atomic E-state index is 12.6. The fourth-order valence-electron chi connectivity index (χ4n) is 3.72. The van der Waals surface area contributed by atoms with E-state index in [1.807, 2.05) is 4.57 Å². The van der Waals surface area contributed by atoms with Crippen LogP contribution in [-0.2, 0) is 6.54 Å². The van der Waals surface area contributed by atoms with Gasteiger partial charge >= 0.3 is 5.69 Å². The second kappa shape index (κ2) is 7.39. The third-order valence-corrected chi connectivity index (χ3v) is 6.17. The van der Waals surface area contributed by atoms with Crippen molar-refractivity contribution >= 4 is 50.2 Å². The van der Waals surface area contributed by atoms with Crippen LogP contribution in [0.3, 0.4) is 0 Å². The van der Waals surface area contributed by atoms with Crippen molar-refractivity contribution in [3.05, 3.63) is 67.0 Å². The summed E-state index contributed by atoms with van der Waals surface area (Å²) < 4.78 is 2.92. The molecule has 26 heavy (non-hydrogen) atoms. The molecule has 1 aliphatic heterocycles. The Morgan fingerprint density at radius 3 is 2.65 bits per heavy atom. The van der Waals surface area contributed by atoms with Crippen LogP contribution in [0.4, 0.5) is 0 Å². The average molecular weight is 455 g/mol. The van der Waals surface area contributed by atoms with E-state index in [-0.39, 0.29) is 11.7 Å². The zero-order chi connectivity index (χ0) is 18.3. The molecule has 3 aromatic rings. The van der Waals surface area contributed by atoms with Gasteiger partial charge in [0, 0.05) is 17.6 Å². The highest BCUT2D eigenvalue weighted by Crippen LogP contribution is 2.30. The van der Waals surface area contributed by atoms with Crippen LogP contribution in [-0.4, -0.2) is 27.5 Å². The summed E-state index contributed by atoms with van der Waals surface area (Å²) in [6.45, 7) is 2.76.